The zero-order chi connectivity index (χ0) is 12.1. The Morgan fingerprint density at radius 2 is 2.12 bits per heavy atom. The Labute approximate surface area is 104 Å². The fraction of sp³-hybridized carbons (Fsp3) is 0.600. The van der Waals surface area contributed by atoms with Gasteiger partial charge in [0, 0.05) is 12.6 Å². The molecule has 0 heterocycles. The molecule has 0 aliphatic heterocycles. The summed E-state index contributed by atoms with van der Waals surface area (Å²) in [6, 6.07) is 9.01. The molecule has 1 aliphatic carbocycles. The maximum absolute atomic E-state index is 5.24. The molecule has 0 radical (unpaired) electrons. The van der Waals surface area contributed by atoms with Gasteiger partial charge in [-0.25, -0.2) is 0 Å². The van der Waals surface area contributed by atoms with Crippen LogP contribution in [-0.2, 0) is 6.54 Å². The molecule has 0 aromatic heterocycles. The first kappa shape index (κ1) is 12.4. The van der Waals surface area contributed by atoms with Gasteiger partial charge in [-0.05, 0) is 36.5 Å². The Hall–Kier alpha value is -1.02. The van der Waals surface area contributed by atoms with E-state index in [0.717, 1.165) is 18.2 Å². The van der Waals surface area contributed by atoms with Gasteiger partial charge in [0.05, 0.1) is 7.11 Å². The van der Waals surface area contributed by atoms with Crippen molar-refractivity contribution in [2.24, 2.45) is 5.92 Å². The van der Waals surface area contributed by atoms with Crippen LogP contribution in [0.25, 0.3) is 0 Å². The maximum Gasteiger partial charge on any atom is 0.119 e. The smallest absolute Gasteiger partial charge is 0.119 e. The molecule has 2 heteroatoms. The molecule has 0 unspecified atom stereocenters. The van der Waals surface area contributed by atoms with Crippen molar-refractivity contribution in [2.45, 2.75) is 45.2 Å². The summed E-state index contributed by atoms with van der Waals surface area (Å²) in [5.41, 5.74) is 1.31. The quantitative estimate of drug-likeness (QED) is 0.861. The summed E-state index contributed by atoms with van der Waals surface area (Å²) in [4.78, 5) is 0. The van der Waals surface area contributed by atoms with Crippen molar-refractivity contribution < 1.29 is 4.74 Å². The lowest BCUT2D eigenvalue weighted by Crippen LogP contribution is -2.36. The topological polar surface area (TPSA) is 21.3 Å². The van der Waals surface area contributed by atoms with Crippen LogP contribution >= 0.6 is 0 Å². The van der Waals surface area contributed by atoms with Crippen molar-refractivity contribution in [3.63, 3.8) is 0 Å². The van der Waals surface area contributed by atoms with E-state index in [0.29, 0.717) is 6.04 Å². The Bertz CT molecular complexity index is 351. The van der Waals surface area contributed by atoms with Crippen LogP contribution in [0.2, 0.25) is 0 Å². The zero-order valence-corrected chi connectivity index (χ0v) is 10.9. The van der Waals surface area contributed by atoms with Gasteiger partial charge in [-0.15, -0.1) is 0 Å². The lowest BCUT2D eigenvalue weighted by Gasteiger charge is -2.29. The minimum atomic E-state index is 0.690. The summed E-state index contributed by atoms with van der Waals surface area (Å²) in [5, 5.41) is 3.68. The van der Waals surface area contributed by atoms with E-state index in [9.17, 15) is 0 Å². The van der Waals surface area contributed by atoms with E-state index < -0.39 is 0 Å². The summed E-state index contributed by atoms with van der Waals surface area (Å²) in [6.07, 6.45) is 5.47. The monoisotopic (exact) mass is 233 g/mol. The van der Waals surface area contributed by atoms with Crippen molar-refractivity contribution in [1.82, 2.24) is 5.32 Å². The maximum atomic E-state index is 5.24. The highest BCUT2D eigenvalue weighted by Crippen LogP contribution is 2.24. The Morgan fingerprint density at radius 1 is 1.29 bits per heavy atom. The third kappa shape index (κ3) is 3.47. The molecule has 0 spiro atoms. The predicted molar refractivity (Wildman–Crippen MR) is 71.3 cm³/mol. The number of ether oxygens (including phenoxy) is 1. The zero-order valence-electron chi connectivity index (χ0n) is 10.9. The van der Waals surface area contributed by atoms with Crippen LogP contribution in [0.15, 0.2) is 24.3 Å². The molecular formula is C15H23NO. The van der Waals surface area contributed by atoms with Gasteiger partial charge >= 0.3 is 0 Å². The average Bonchev–Trinajstić information content (AvgIpc) is 2.38. The van der Waals surface area contributed by atoms with Crippen molar-refractivity contribution in [3.8, 4) is 5.75 Å². The minimum absolute atomic E-state index is 0.690. The van der Waals surface area contributed by atoms with E-state index in [1.54, 1.807) is 7.11 Å². The molecule has 1 aromatic carbocycles. The molecule has 0 saturated heterocycles. The molecule has 2 atom stereocenters. The van der Waals surface area contributed by atoms with Gasteiger partial charge in [0.25, 0.3) is 0 Å². The summed E-state index contributed by atoms with van der Waals surface area (Å²) >= 11 is 0. The highest BCUT2D eigenvalue weighted by atomic mass is 16.5. The summed E-state index contributed by atoms with van der Waals surface area (Å²) in [5.74, 6) is 1.76. The van der Waals surface area contributed by atoms with Gasteiger partial charge < -0.3 is 10.1 Å². The molecule has 17 heavy (non-hydrogen) atoms. The van der Waals surface area contributed by atoms with E-state index in [1.165, 1.54) is 31.2 Å². The lowest BCUT2D eigenvalue weighted by atomic mass is 9.86. The predicted octanol–water partition coefficient (Wildman–Crippen LogP) is 3.36. The summed E-state index contributed by atoms with van der Waals surface area (Å²) in [6.45, 7) is 3.31. The van der Waals surface area contributed by atoms with Gasteiger partial charge in [0.15, 0.2) is 0 Å². The highest BCUT2D eigenvalue weighted by Gasteiger charge is 2.20. The molecule has 2 nitrogen and oxygen atoms in total. The fourth-order valence-electron chi connectivity index (χ4n) is 2.65. The van der Waals surface area contributed by atoms with Gasteiger partial charge in [-0.2, -0.15) is 0 Å². The molecule has 1 N–H and O–H groups in total. The molecule has 0 amide bonds. The number of hydrogen-bond donors (Lipinski definition) is 1. The minimum Gasteiger partial charge on any atom is -0.497 e. The standard InChI is InChI=1S/C15H23NO/c1-12-6-3-4-9-15(12)16-11-13-7-5-8-14(10-13)17-2/h5,7-8,10,12,15-16H,3-4,6,9,11H2,1-2H3/t12-,15-/m1/s1. The van der Waals surface area contributed by atoms with Crippen molar-refractivity contribution >= 4 is 0 Å². The fourth-order valence-corrected chi connectivity index (χ4v) is 2.65. The van der Waals surface area contributed by atoms with Crippen LogP contribution in [0, 0.1) is 5.92 Å². The molecule has 1 aliphatic rings. The molecule has 0 bridgehead atoms. The van der Waals surface area contributed by atoms with E-state index in [1.807, 2.05) is 6.07 Å². The number of rotatable bonds is 4. The van der Waals surface area contributed by atoms with Crippen LogP contribution < -0.4 is 10.1 Å². The second-order valence-corrected chi connectivity index (χ2v) is 5.10. The highest BCUT2D eigenvalue weighted by molar-refractivity contribution is 5.28. The Kier molecular flexibility index (Phi) is 4.43. The van der Waals surface area contributed by atoms with Crippen molar-refractivity contribution in [3.05, 3.63) is 29.8 Å². The van der Waals surface area contributed by atoms with Crippen molar-refractivity contribution in [2.75, 3.05) is 7.11 Å². The average molecular weight is 233 g/mol. The molecule has 1 aromatic rings. The molecule has 94 valence electrons. The van der Waals surface area contributed by atoms with Crippen molar-refractivity contribution in [1.29, 1.82) is 0 Å². The van der Waals surface area contributed by atoms with Crippen LogP contribution in [0.4, 0.5) is 0 Å². The van der Waals surface area contributed by atoms with Crippen LogP contribution in [0.1, 0.15) is 38.2 Å². The second-order valence-electron chi connectivity index (χ2n) is 5.10. The largest absolute Gasteiger partial charge is 0.497 e. The van der Waals surface area contributed by atoms with Gasteiger partial charge in [-0.1, -0.05) is 31.9 Å². The van der Waals surface area contributed by atoms with Gasteiger partial charge in [-0.3, -0.25) is 0 Å². The number of hydrogen-bond acceptors (Lipinski definition) is 2. The van der Waals surface area contributed by atoms with Gasteiger partial charge in [0.2, 0.25) is 0 Å². The van der Waals surface area contributed by atoms with E-state index in [-0.39, 0.29) is 0 Å². The van der Waals surface area contributed by atoms with E-state index >= 15 is 0 Å². The first-order chi connectivity index (χ1) is 8.29. The first-order valence-corrected chi connectivity index (χ1v) is 6.66. The number of benzene rings is 1. The molecule has 1 fully saturated rings. The van der Waals surface area contributed by atoms with Crippen LogP contribution in [-0.4, -0.2) is 13.2 Å². The summed E-state index contributed by atoms with van der Waals surface area (Å²) < 4.78 is 5.24. The lowest BCUT2D eigenvalue weighted by molar-refractivity contribution is 0.279. The third-order valence-corrected chi connectivity index (χ3v) is 3.81. The molecular weight excluding hydrogens is 210 g/mol. The number of methoxy groups -OCH3 is 1. The molecule has 2 rings (SSSR count). The third-order valence-electron chi connectivity index (χ3n) is 3.81. The van der Waals surface area contributed by atoms with E-state index in [4.69, 9.17) is 4.74 Å². The van der Waals surface area contributed by atoms with Gasteiger partial charge in [0.1, 0.15) is 5.75 Å². The molecule has 1 saturated carbocycles. The second kappa shape index (κ2) is 6.06. The first-order valence-electron chi connectivity index (χ1n) is 6.66. The van der Waals surface area contributed by atoms with Crippen LogP contribution in [0.3, 0.4) is 0 Å². The SMILES string of the molecule is COc1cccc(CN[C@@H]2CCCC[C@H]2C)c1. The number of nitrogens with one attached hydrogen (secondary N) is 1. The summed E-state index contributed by atoms with van der Waals surface area (Å²) in [7, 11) is 1.72. The Morgan fingerprint density at radius 3 is 2.88 bits per heavy atom. The normalized spacial score (nSPS) is 24.6. The van der Waals surface area contributed by atoms with Crippen LogP contribution in [0.5, 0.6) is 5.75 Å². The van der Waals surface area contributed by atoms with E-state index in [2.05, 4.69) is 30.4 Å². The Balaban J connectivity index is 1.88.